The maximum Gasteiger partial charge on any atom is 0.142 e. The Morgan fingerprint density at radius 1 is 1.53 bits per heavy atom. The van der Waals surface area contributed by atoms with Gasteiger partial charge in [0.25, 0.3) is 0 Å². The largest absolute Gasteiger partial charge is 0.316 e. The van der Waals surface area contributed by atoms with Crippen LogP contribution in [0.15, 0.2) is 0 Å². The molecule has 0 aromatic carbocycles. The van der Waals surface area contributed by atoms with Crippen molar-refractivity contribution in [2.75, 3.05) is 7.05 Å². The number of likely N-dealkylation sites (N-methyl/N-ethyl adjacent to an activating group) is 1. The van der Waals surface area contributed by atoms with Crippen molar-refractivity contribution in [3.8, 4) is 0 Å². The Hall–Kier alpha value is -0.480. The molecule has 1 aliphatic carbocycles. The zero-order valence-electron chi connectivity index (χ0n) is 9.49. The molecule has 15 heavy (non-hydrogen) atoms. The molecular formula is C11H19N3S. The lowest BCUT2D eigenvalue weighted by atomic mass is 10.1. The molecule has 1 atom stereocenters. The Kier molecular flexibility index (Phi) is 3.70. The topological polar surface area (TPSA) is 37.8 Å². The highest BCUT2D eigenvalue weighted by Gasteiger charge is 2.30. The Morgan fingerprint density at radius 3 is 2.93 bits per heavy atom. The van der Waals surface area contributed by atoms with Crippen molar-refractivity contribution in [3.05, 3.63) is 10.8 Å². The van der Waals surface area contributed by atoms with Gasteiger partial charge in [-0.3, -0.25) is 0 Å². The highest BCUT2D eigenvalue weighted by molar-refractivity contribution is 7.05. The molecule has 2 rings (SSSR count). The SMILES string of the molecule is CCCc1nsc(CC(NC)C2CC2)n1. The fraction of sp³-hybridized carbons (Fsp3) is 0.818. The van der Waals surface area contributed by atoms with Crippen LogP contribution in [-0.4, -0.2) is 22.4 Å². The molecule has 1 N–H and O–H groups in total. The second-order valence-electron chi connectivity index (χ2n) is 4.29. The van der Waals surface area contributed by atoms with Gasteiger partial charge in [0.15, 0.2) is 0 Å². The monoisotopic (exact) mass is 225 g/mol. The second-order valence-corrected chi connectivity index (χ2v) is 5.13. The molecular weight excluding hydrogens is 206 g/mol. The Bertz CT molecular complexity index is 307. The molecule has 0 spiro atoms. The van der Waals surface area contributed by atoms with Crippen LogP contribution in [0.2, 0.25) is 0 Å². The molecule has 1 aliphatic rings. The molecule has 1 saturated carbocycles. The summed E-state index contributed by atoms with van der Waals surface area (Å²) in [6.07, 6.45) is 5.97. The van der Waals surface area contributed by atoms with E-state index in [1.807, 2.05) is 0 Å². The summed E-state index contributed by atoms with van der Waals surface area (Å²) in [5, 5.41) is 4.59. The van der Waals surface area contributed by atoms with E-state index in [9.17, 15) is 0 Å². The molecule has 1 aromatic rings. The molecule has 1 heterocycles. The van der Waals surface area contributed by atoms with Crippen LogP contribution >= 0.6 is 11.5 Å². The van der Waals surface area contributed by atoms with Crippen LogP contribution in [0, 0.1) is 5.92 Å². The molecule has 0 saturated heterocycles. The third kappa shape index (κ3) is 2.98. The van der Waals surface area contributed by atoms with E-state index < -0.39 is 0 Å². The Balaban J connectivity index is 1.90. The normalized spacial score (nSPS) is 18.0. The molecule has 3 nitrogen and oxygen atoms in total. The van der Waals surface area contributed by atoms with Crippen molar-refractivity contribution >= 4 is 11.5 Å². The number of rotatable bonds is 6. The van der Waals surface area contributed by atoms with Gasteiger partial charge in [0.05, 0.1) is 0 Å². The van der Waals surface area contributed by atoms with Crippen LogP contribution in [0.4, 0.5) is 0 Å². The van der Waals surface area contributed by atoms with Gasteiger partial charge in [-0.2, -0.15) is 4.37 Å². The van der Waals surface area contributed by atoms with Gasteiger partial charge in [0.2, 0.25) is 0 Å². The third-order valence-electron chi connectivity index (χ3n) is 2.94. The maximum atomic E-state index is 4.57. The minimum atomic E-state index is 0.618. The lowest BCUT2D eigenvalue weighted by Crippen LogP contribution is -2.29. The highest BCUT2D eigenvalue weighted by Crippen LogP contribution is 2.34. The van der Waals surface area contributed by atoms with Crippen molar-refractivity contribution in [2.45, 2.75) is 45.1 Å². The zero-order chi connectivity index (χ0) is 10.7. The van der Waals surface area contributed by atoms with Crippen molar-refractivity contribution in [3.63, 3.8) is 0 Å². The maximum absolute atomic E-state index is 4.57. The first-order valence-electron chi connectivity index (χ1n) is 5.82. The summed E-state index contributed by atoms with van der Waals surface area (Å²) >= 11 is 1.58. The fourth-order valence-corrected chi connectivity index (χ4v) is 2.63. The summed E-state index contributed by atoms with van der Waals surface area (Å²) < 4.78 is 4.38. The van der Waals surface area contributed by atoms with E-state index in [0.717, 1.165) is 31.0 Å². The van der Waals surface area contributed by atoms with Gasteiger partial charge in [-0.1, -0.05) is 6.92 Å². The Labute approximate surface area is 95.5 Å². The van der Waals surface area contributed by atoms with Crippen LogP contribution in [0.25, 0.3) is 0 Å². The molecule has 4 heteroatoms. The van der Waals surface area contributed by atoms with E-state index in [-0.39, 0.29) is 0 Å². The third-order valence-corrected chi connectivity index (χ3v) is 3.71. The number of nitrogens with one attached hydrogen (secondary N) is 1. The van der Waals surface area contributed by atoms with Crippen LogP contribution < -0.4 is 5.32 Å². The van der Waals surface area contributed by atoms with Crippen molar-refractivity contribution in [1.82, 2.24) is 14.7 Å². The van der Waals surface area contributed by atoms with Crippen LogP contribution in [-0.2, 0) is 12.8 Å². The molecule has 84 valence electrons. The smallest absolute Gasteiger partial charge is 0.142 e. The molecule has 0 radical (unpaired) electrons. The summed E-state index contributed by atoms with van der Waals surface area (Å²) in [6.45, 7) is 2.17. The average molecular weight is 225 g/mol. The fourth-order valence-electron chi connectivity index (χ4n) is 1.89. The van der Waals surface area contributed by atoms with E-state index in [4.69, 9.17) is 0 Å². The molecule has 0 bridgehead atoms. The quantitative estimate of drug-likeness (QED) is 0.805. The first-order valence-corrected chi connectivity index (χ1v) is 6.59. The number of aryl methyl sites for hydroxylation is 1. The van der Waals surface area contributed by atoms with Gasteiger partial charge in [-0.05, 0) is 43.8 Å². The number of hydrogen-bond donors (Lipinski definition) is 1. The minimum Gasteiger partial charge on any atom is -0.316 e. The number of aromatic nitrogens is 2. The first-order chi connectivity index (χ1) is 7.33. The molecule has 1 aromatic heterocycles. The lowest BCUT2D eigenvalue weighted by Gasteiger charge is -2.12. The van der Waals surface area contributed by atoms with Crippen molar-refractivity contribution in [1.29, 1.82) is 0 Å². The van der Waals surface area contributed by atoms with E-state index in [1.165, 1.54) is 17.8 Å². The summed E-state index contributed by atoms with van der Waals surface area (Å²) in [5.41, 5.74) is 0. The van der Waals surface area contributed by atoms with Crippen LogP contribution in [0.1, 0.15) is 37.0 Å². The summed E-state index contributed by atoms with van der Waals surface area (Å²) in [7, 11) is 2.05. The van der Waals surface area contributed by atoms with Crippen molar-refractivity contribution in [2.24, 2.45) is 5.92 Å². The second kappa shape index (κ2) is 5.03. The molecule has 0 amide bonds. The number of nitrogens with zero attached hydrogens (tertiary/aromatic N) is 2. The average Bonchev–Trinajstić information content (AvgIpc) is 2.98. The van der Waals surface area contributed by atoms with Gasteiger partial charge in [0, 0.05) is 18.9 Å². The van der Waals surface area contributed by atoms with Gasteiger partial charge in [0.1, 0.15) is 10.8 Å². The molecule has 1 fully saturated rings. The predicted octanol–water partition coefficient (Wildman–Crippen LogP) is 2.03. The van der Waals surface area contributed by atoms with Gasteiger partial charge >= 0.3 is 0 Å². The standard InChI is InChI=1S/C11H19N3S/c1-3-4-10-13-11(15-14-10)7-9(12-2)8-5-6-8/h8-9,12H,3-7H2,1-2H3. The summed E-state index contributed by atoms with van der Waals surface area (Å²) in [5.74, 6) is 1.91. The predicted molar refractivity (Wildman–Crippen MR) is 63.2 cm³/mol. The van der Waals surface area contributed by atoms with Gasteiger partial charge in [-0.25, -0.2) is 4.98 Å². The highest BCUT2D eigenvalue weighted by atomic mass is 32.1. The molecule has 1 unspecified atom stereocenters. The van der Waals surface area contributed by atoms with Gasteiger partial charge in [-0.15, -0.1) is 0 Å². The summed E-state index contributed by atoms with van der Waals surface area (Å²) in [4.78, 5) is 4.57. The van der Waals surface area contributed by atoms with Gasteiger partial charge < -0.3 is 5.32 Å². The zero-order valence-corrected chi connectivity index (χ0v) is 10.3. The van der Waals surface area contributed by atoms with E-state index in [2.05, 4.69) is 28.6 Å². The first kappa shape index (κ1) is 11.0. The van der Waals surface area contributed by atoms with E-state index in [1.54, 1.807) is 11.5 Å². The van der Waals surface area contributed by atoms with Crippen molar-refractivity contribution < 1.29 is 0 Å². The van der Waals surface area contributed by atoms with E-state index >= 15 is 0 Å². The molecule has 0 aliphatic heterocycles. The van der Waals surface area contributed by atoms with Crippen LogP contribution in [0.3, 0.4) is 0 Å². The Morgan fingerprint density at radius 2 is 2.33 bits per heavy atom. The van der Waals surface area contributed by atoms with Crippen LogP contribution in [0.5, 0.6) is 0 Å². The number of hydrogen-bond acceptors (Lipinski definition) is 4. The summed E-state index contributed by atoms with van der Waals surface area (Å²) in [6, 6.07) is 0.618. The lowest BCUT2D eigenvalue weighted by molar-refractivity contribution is 0.499. The minimum absolute atomic E-state index is 0.618. The van der Waals surface area contributed by atoms with E-state index in [0.29, 0.717) is 6.04 Å².